The lowest BCUT2D eigenvalue weighted by Crippen LogP contribution is -2.62. The fraction of sp³-hybridized carbons (Fsp3) is 0.645. The largest absolute Gasteiger partial charge is 0.497 e. The number of rotatable bonds is 58. The Morgan fingerprint density at radius 3 is 1.20 bits per heavy atom. The van der Waals surface area contributed by atoms with E-state index in [0.717, 1.165) is 0 Å². The molecule has 0 aromatic heterocycles. The highest BCUT2D eigenvalue weighted by atomic mass is 32.9. The Morgan fingerprint density at radius 2 is 0.813 bits per heavy atom. The van der Waals surface area contributed by atoms with E-state index in [2.05, 4.69) is 34.0 Å². The fourth-order valence-electron chi connectivity index (χ4n) is 16.0. The molecule has 7 amide bonds. The number of carbonyl (C=O) groups is 15. The van der Waals surface area contributed by atoms with E-state index in [9.17, 15) is 67.1 Å². The summed E-state index contributed by atoms with van der Waals surface area (Å²) in [7, 11) is 5.13. The van der Waals surface area contributed by atoms with E-state index in [0.29, 0.717) is 86.0 Å². The van der Waals surface area contributed by atoms with Gasteiger partial charge in [0, 0.05) is 165 Å². The highest BCUT2D eigenvalue weighted by Gasteiger charge is 2.51. The Labute approximate surface area is 791 Å². The first-order valence-electron chi connectivity index (χ1n) is 45.3. The summed E-state index contributed by atoms with van der Waals surface area (Å²) < 4.78 is 96.9. The molecule has 3 aromatic carbocycles. The average Bonchev–Trinajstić information content (AvgIpc) is 0.745. The van der Waals surface area contributed by atoms with Crippen LogP contribution in [0.3, 0.4) is 0 Å². The van der Waals surface area contributed by atoms with Crippen LogP contribution >= 0.6 is 8.02 Å². The van der Waals surface area contributed by atoms with Crippen molar-refractivity contribution in [2.75, 3.05) is 93.2 Å². The molecular formula is C93H135N7O31PS2-. The lowest BCUT2D eigenvalue weighted by atomic mass is 9.80. The van der Waals surface area contributed by atoms with Gasteiger partial charge < -0.3 is 112 Å². The van der Waals surface area contributed by atoms with Gasteiger partial charge >= 0.3 is 41.8 Å². The molecule has 3 aliphatic heterocycles. The first-order valence-corrected chi connectivity index (χ1v) is 48.7. The summed E-state index contributed by atoms with van der Waals surface area (Å²) in [6.45, 7) is 15.8. The molecule has 0 saturated carbocycles. The molecular weight excluding hydrogens is 1810 g/mol. The second kappa shape index (κ2) is 59.2. The van der Waals surface area contributed by atoms with Crippen molar-refractivity contribution in [3.05, 3.63) is 95.6 Å². The van der Waals surface area contributed by atoms with Crippen molar-refractivity contribution < 1.29 is 148 Å². The maximum Gasteiger partial charge on any atom is 0.307 e. The maximum absolute atomic E-state index is 15.9. The number of esters is 7. The summed E-state index contributed by atoms with van der Waals surface area (Å²) in [6, 6.07) is 21.1. The molecule has 38 nitrogen and oxygen atoms in total. The standard InChI is InChI=1S/C93H135N7O31PS2/c1-57-83(95-60(4)101)90(129-75(53-121-63(7)104)86(57)125-66(10)107)118-50-25-19-32-72(110)31-18-22-46-99(81(113)34-21-27-52-120-92-85(97-62(6)103)59(3)88(127-68(12)109)77(131-92)55-123-65(9)106)47-23-24-48-100(49-28-45-94-79(111)33-20-26-51-119-91-84(96-61(5)102)58(2)87(126-67(11)108)76(130-91)54-122-64(8)105)89(115)78(128-82(114)44-43-80(112)98-134(132)133)56-124-93(69-29-16-15-17-30-69,70-35-39-73(116-13)40-36-70)71-37-41-74(117-14)42-38-71/h15-17,29-30,35-42,57-59,75-78,83-88,90-92,132H,18-28,31-34,43-56H2,1-14H3,(H,94,111)(H,95,101)(H,96,102)(H,97,103)(H,98,112,133)/q-1/t57-,58-,59-,75?,76?,77?,78?,83?,84?,85?,86-,87-,88-,90-,91-,92-/m1/s1. The summed E-state index contributed by atoms with van der Waals surface area (Å²) in [5.74, 6) is -8.26. The highest BCUT2D eigenvalue weighted by molar-refractivity contribution is 8.38. The first-order chi connectivity index (χ1) is 63.8. The number of unbranched alkanes of at least 4 members (excludes halogenated alkanes) is 5. The molecule has 3 heterocycles. The predicted octanol–water partition coefficient (Wildman–Crippen LogP) is 7.20. The molecule has 5 N–H and O–H groups in total. The van der Waals surface area contributed by atoms with E-state index in [4.69, 9.17) is 87.0 Å². The highest BCUT2D eigenvalue weighted by Crippen LogP contribution is 2.43. The van der Waals surface area contributed by atoms with Gasteiger partial charge in [-0.3, -0.25) is 88.8 Å². The number of carbonyl (C=O) groups excluding carboxylic acids is 15. The number of ketones is 1. The third kappa shape index (κ3) is 38.7. The van der Waals surface area contributed by atoms with Crippen molar-refractivity contribution in [2.45, 2.75) is 278 Å². The number of Topliss-reactive ketones (excluding diaryl/α,β-unsaturated/α-hetero) is 1. The van der Waals surface area contributed by atoms with Crippen molar-refractivity contribution in [1.29, 1.82) is 0 Å². The molecule has 0 spiro atoms. The molecule has 746 valence electrons. The number of nitrogens with zero attached hydrogens (tertiary/aromatic N) is 2. The van der Waals surface area contributed by atoms with Gasteiger partial charge in [0.15, 0.2) is 18.9 Å². The van der Waals surface area contributed by atoms with Gasteiger partial charge in [0.05, 0.1) is 45.4 Å². The van der Waals surface area contributed by atoms with Gasteiger partial charge in [-0.15, -0.1) is 0 Å². The van der Waals surface area contributed by atoms with E-state index in [1.165, 1.54) is 81.4 Å². The van der Waals surface area contributed by atoms with Crippen molar-refractivity contribution in [2.24, 2.45) is 17.8 Å². The summed E-state index contributed by atoms with van der Waals surface area (Å²) in [5.41, 5.74) is 0.234. The Kier molecular flexibility index (Phi) is 49.8. The summed E-state index contributed by atoms with van der Waals surface area (Å²) in [4.78, 5) is 198. The Morgan fingerprint density at radius 1 is 0.440 bits per heavy atom. The van der Waals surface area contributed by atoms with Crippen molar-refractivity contribution in [3.8, 4) is 11.5 Å². The van der Waals surface area contributed by atoms with Gasteiger partial charge in [0.25, 0.3) is 5.91 Å². The summed E-state index contributed by atoms with van der Waals surface area (Å²) >= 11 is 5.14. The lowest BCUT2D eigenvalue weighted by molar-refractivity contribution is -0.262. The van der Waals surface area contributed by atoms with Gasteiger partial charge in [-0.05, 0) is 112 Å². The fourth-order valence-corrected chi connectivity index (χ4v) is 17.0. The number of hydrogen-bond acceptors (Lipinski definition) is 33. The molecule has 3 saturated heterocycles. The zero-order valence-electron chi connectivity index (χ0n) is 79.1. The van der Waals surface area contributed by atoms with E-state index < -0.39 is 190 Å². The topological polar surface area (TPSA) is 470 Å². The first kappa shape index (κ1) is 113. The number of methoxy groups -OCH3 is 2. The van der Waals surface area contributed by atoms with Crippen LogP contribution in [-0.2, 0) is 164 Å². The van der Waals surface area contributed by atoms with Crippen LogP contribution in [0.2, 0.25) is 0 Å². The second-order valence-corrected chi connectivity index (χ2v) is 37.1. The quantitative estimate of drug-likeness (QED) is 0.00931. The molecule has 0 aliphatic carbocycles. The number of amides is 7. The van der Waals surface area contributed by atoms with Crippen LogP contribution in [0.25, 0.3) is 0 Å². The number of nitrogens with one attached hydrogen (secondary N) is 5. The summed E-state index contributed by atoms with van der Waals surface area (Å²) in [5, 5.41) is 11.4. The van der Waals surface area contributed by atoms with E-state index in [1.807, 2.05) is 54.6 Å². The predicted molar refractivity (Wildman–Crippen MR) is 490 cm³/mol. The monoisotopic (exact) mass is 1940 g/mol. The molecule has 134 heavy (non-hydrogen) atoms. The van der Waals surface area contributed by atoms with Crippen LogP contribution < -0.4 is 35.5 Å². The molecule has 3 fully saturated rings. The third-order valence-corrected chi connectivity index (χ3v) is 23.5. The Bertz CT molecular complexity index is 4340. The van der Waals surface area contributed by atoms with Gasteiger partial charge in [0.1, 0.15) is 79.3 Å². The molecule has 3 aliphatic rings. The number of ether oxygens (including phenoxy) is 16. The van der Waals surface area contributed by atoms with Crippen LogP contribution in [0.15, 0.2) is 78.9 Å². The minimum atomic E-state index is -1.71. The summed E-state index contributed by atoms with van der Waals surface area (Å²) in [6.07, 6.45) is -7.27. The second-order valence-electron chi connectivity index (χ2n) is 33.2. The van der Waals surface area contributed by atoms with Gasteiger partial charge in [-0.2, -0.15) is 0 Å². The van der Waals surface area contributed by atoms with Gasteiger partial charge in [-0.1, -0.05) is 75.4 Å². The molecule has 41 heteroatoms. The van der Waals surface area contributed by atoms with Crippen LogP contribution in [-0.4, -0.2) is 272 Å². The molecule has 6 rings (SSSR count). The molecule has 7 unspecified atom stereocenters. The van der Waals surface area contributed by atoms with E-state index >= 15 is 4.79 Å². The third-order valence-electron chi connectivity index (χ3n) is 22.6. The van der Waals surface area contributed by atoms with E-state index in [1.54, 1.807) is 49.9 Å². The zero-order chi connectivity index (χ0) is 98.6. The van der Waals surface area contributed by atoms with Crippen LogP contribution in [0.4, 0.5) is 0 Å². The SMILES string of the molecule is COc1ccc(C(OCC(OC(=O)CCC(=O)N[S-](=P)=S)C(=O)N(CCCCN(CCCCC(=O)CCCCO[C@@H]2OC(COC(C)=O)[C@H](OC(C)=O)[C@H](C)C2NC(C)=O)C(=O)CCCCO[C@@H]2OC(COC(C)=O)[C@H](OC(C)=O)[C@H](C)C2NC(C)=O)CCCNC(=O)CCCCO[C@@H]2OC(COC(C)=O)[C@H](OC(C)=O)[C@H](C)C2NC(C)=O)(c2ccccc2)c2ccc(OC)cc2)cc1. The molecule has 3 aromatic rings. The number of benzene rings is 3. The minimum Gasteiger partial charge on any atom is -0.497 e. The Balaban J connectivity index is 1.26. The molecule has 0 radical (unpaired) electrons. The van der Waals surface area contributed by atoms with Crippen molar-refractivity contribution >= 4 is 117 Å². The van der Waals surface area contributed by atoms with E-state index in [-0.39, 0.29) is 141 Å². The smallest absolute Gasteiger partial charge is 0.307 e. The van der Waals surface area contributed by atoms with Crippen molar-refractivity contribution in [3.63, 3.8) is 0 Å². The minimum absolute atomic E-state index is 0.00312. The molecule has 16 atom stereocenters. The maximum atomic E-state index is 15.9. The number of hydrogen-bond donors (Lipinski definition) is 5. The van der Waals surface area contributed by atoms with Gasteiger partial charge in [-0.25, -0.2) is 11.2 Å². The molecule has 0 bridgehead atoms. The van der Waals surface area contributed by atoms with Crippen LogP contribution in [0.5, 0.6) is 11.5 Å². The Hall–Kier alpha value is -9.90. The lowest BCUT2D eigenvalue weighted by Gasteiger charge is -2.44. The average molecular weight is 1940 g/mol. The van der Waals surface area contributed by atoms with Gasteiger partial charge in [0.2, 0.25) is 41.5 Å². The normalized spacial score (nSPS) is 21.7. The van der Waals surface area contributed by atoms with Crippen molar-refractivity contribution in [1.82, 2.24) is 35.8 Å². The van der Waals surface area contributed by atoms with Crippen LogP contribution in [0, 0.1) is 17.8 Å². The zero-order valence-corrected chi connectivity index (χ0v) is 81.7. The van der Waals surface area contributed by atoms with Crippen LogP contribution in [0.1, 0.15) is 209 Å².